The molecule has 1 aromatic carbocycles. The molecular formula is C15H13FN4. The third-order valence-electron chi connectivity index (χ3n) is 3.19. The van der Waals surface area contributed by atoms with Crippen LogP contribution in [0.4, 0.5) is 10.2 Å². The van der Waals surface area contributed by atoms with Gasteiger partial charge >= 0.3 is 0 Å². The lowest BCUT2D eigenvalue weighted by atomic mass is 10.1. The number of aryl methyl sites for hydroxylation is 1. The molecule has 0 atom stereocenters. The SMILES string of the molecule is Cc1ccc(-n2cncc2-c2cccnc2N)cc1F. The van der Waals surface area contributed by atoms with Crippen LogP contribution in [0.2, 0.25) is 0 Å². The van der Waals surface area contributed by atoms with Gasteiger partial charge in [-0.1, -0.05) is 6.07 Å². The van der Waals surface area contributed by atoms with E-state index in [1.165, 1.54) is 6.07 Å². The van der Waals surface area contributed by atoms with Crippen molar-refractivity contribution in [2.45, 2.75) is 6.92 Å². The topological polar surface area (TPSA) is 56.7 Å². The number of nitrogens with zero attached hydrogens (tertiary/aromatic N) is 3. The zero-order valence-corrected chi connectivity index (χ0v) is 10.9. The Hall–Kier alpha value is -2.69. The highest BCUT2D eigenvalue weighted by Gasteiger charge is 2.11. The average Bonchev–Trinajstić information content (AvgIpc) is 2.91. The number of hydrogen-bond acceptors (Lipinski definition) is 3. The van der Waals surface area contributed by atoms with Crippen LogP contribution in [0.5, 0.6) is 0 Å². The van der Waals surface area contributed by atoms with E-state index >= 15 is 0 Å². The van der Waals surface area contributed by atoms with Gasteiger partial charge in [0.25, 0.3) is 0 Å². The van der Waals surface area contributed by atoms with Crippen LogP contribution >= 0.6 is 0 Å². The molecule has 100 valence electrons. The van der Waals surface area contributed by atoms with Gasteiger partial charge in [0.15, 0.2) is 0 Å². The highest BCUT2D eigenvalue weighted by Crippen LogP contribution is 2.26. The van der Waals surface area contributed by atoms with Gasteiger partial charge in [-0.05, 0) is 36.8 Å². The van der Waals surface area contributed by atoms with E-state index in [1.807, 2.05) is 12.1 Å². The Balaban J connectivity index is 2.15. The quantitative estimate of drug-likeness (QED) is 0.777. The summed E-state index contributed by atoms with van der Waals surface area (Å²) in [7, 11) is 0. The summed E-state index contributed by atoms with van der Waals surface area (Å²) in [6.45, 7) is 1.73. The molecule has 0 saturated carbocycles. The van der Waals surface area contributed by atoms with E-state index in [9.17, 15) is 4.39 Å². The number of imidazole rings is 1. The fraction of sp³-hybridized carbons (Fsp3) is 0.0667. The van der Waals surface area contributed by atoms with Gasteiger partial charge in [0, 0.05) is 11.8 Å². The molecule has 2 N–H and O–H groups in total. The Kier molecular flexibility index (Phi) is 2.95. The monoisotopic (exact) mass is 268 g/mol. The molecule has 0 radical (unpaired) electrons. The molecule has 0 aliphatic heterocycles. The summed E-state index contributed by atoms with van der Waals surface area (Å²) >= 11 is 0. The molecule has 3 rings (SSSR count). The summed E-state index contributed by atoms with van der Waals surface area (Å²) < 4.78 is 15.5. The second-order valence-electron chi connectivity index (χ2n) is 4.52. The van der Waals surface area contributed by atoms with Gasteiger partial charge in [-0.15, -0.1) is 0 Å². The number of halogens is 1. The van der Waals surface area contributed by atoms with Crippen molar-refractivity contribution in [1.29, 1.82) is 0 Å². The molecule has 4 nitrogen and oxygen atoms in total. The largest absolute Gasteiger partial charge is 0.383 e. The first-order valence-electron chi connectivity index (χ1n) is 6.16. The molecule has 0 spiro atoms. The maximum absolute atomic E-state index is 13.7. The lowest BCUT2D eigenvalue weighted by Gasteiger charge is -2.10. The van der Waals surface area contributed by atoms with Gasteiger partial charge in [-0.3, -0.25) is 4.57 Å². The molecule has 20 heavy (non-hydrogen) atoms. The number of anilines is 1. The molecule has 0 bridgehead atoms. The standard InChI is InChI=1S/C15H13FN4/c1-10-4-5-11(7-13(10)16)20-9-18-8-14(20)12-3-2-6-19-15(12)17/h2-9H,1H3,(H2,17,19). The first kappa shape index (κ1) is 12.3. The smallest absolute Gasteiger partial charge is 0.132 e. The summed E-state index contributed by atoms with van der Waals surface area (Å²) in [5, 5.41) is 0. The van der Waals surface area contributed by atoms with Crippen molar-refractivity contribution < 1.29 is 4.39 Å². The maximum Gasteiger partial charge on any atom is 0.132 e. The Morgan fingerprint density at radius 1 is 1.25 bits per heavy atom. The first-order chi connectivity index (χ1) is 9.66. The van der Waals surface area contributed by atoms with Crippen molar-refractivity contribution in [3.63, 3.8) is 0 Å². The normalized spacial score (nSPS) is 10.7. The van der Waals surface area contributed by atoms with Crippen LogP contribution in [-0.4, -0.2) is 14.5 Å². The Labute approximate surface area is 115 Å². The van der Waals surface area contributed by atoms with E-state index in [4.69, 9.17) is 5.73 Å². The van der Waals surface area contributed by atoms with Crippen molar-refractivity contribution in [1.82, 2.24) is 14.5 Å². The minimum atomic E-state index is -0.249. The lowest BCUT2D eigenvalue weighted by molar-refractivity contribution is 0.617. The summed E-state index contributed by atoms with van der Waals surface area (Å²) in [4.78, 5) is 8.19. The van der Waals surface area contributed by atoms with Gasteiger partial charge in [-0.2, -0.15) is 0 Å². The Morgan fingerprint density at radius 3 is 2.85 bits per heavy atom. The van der Waals surface area contributed by atoms with Gasteiger partial charge in [0.2, 0.25) is 0 Å². The van der Waals surface area contributed by atoms with Crippen LogP contribution in [0.3, 0.4) is 0 Å². The minimum absolute atomic E-state index is 0.249. The van der Waals surface area contributed by atoms with Gasteiger partial charge < -0.3 is 5.73 Å². The van der Waals surface area contributed by atoms with Gasteiger partial charge in [-0.25, -0.2) is 14.4 Å². The number of benzene rings is 1. The molecule has 2 aromatic heterocycles. The summed E-state index contributed by atoms with van der Waals surface area (Å²) in [6.07, 6.45) is 4.95. The zero-order valence-electron chi connectivity index (χ0n) is 10.9. The summed E-state index contributed by atoms with van der Waals surface area (Å²) in [5.41, 5.74) is 8.74. The van der Waals surface area contributed by atoms with Gasteiger partial charge in [0.05, 0.1) is 23.9 Å². The molecule has 0 fully saturated rings. The highest BCUT2D eigenvalue weighted by atomic mass is 19.1. The van der Waals surface area contributed by atoms with Crippen molar-refractivity contribution >= 4 is 5.82 Å². The third-order valence-corrected chi connectivity index (χ3v) is 3.19. The first-order valence-corrected chi connectivity index (χ1v) is 6.16. The summed E-state index contributed by atoms with van der Waals surface area (Å²) in [5.74, 6) is 0.170. The predicted octanol–water partition coefficient (Wildman–Crippen LogP) is 2.96. The maximum atomic E-state index is 13.7. The van der Waals surface area contributed by atoms with Crippen LogP contribution in [0.25, 0.3) is 16.9 Å². The zero-order chi connectivity index (χ0) is 14.1. The number of pyridine rings is 1. The van der Waals surface area contributed by atoms with E-state index in [1.54, 1.807) is 42.3 Å². The van der Waals surface area contributed by atoms with Crippen molar-refractivity contribution in [3.05, 3.63) is 60.4 Å². The fourth-order valence-electron chi connectivity index (χ4n) is 2.07. The van der Waals surface area contributed by atoms with Crippen molar-refractivity contribution in [3.8, 4) is 16.9 Å². The molecule has 0 aliphatic carbocycles. The highest BCUT2D eigenvalue weighted by molar-refractivity contribution is 5.71. The molecule has 5 heteroatoms. The van der Waals surface area contributed by atoms with Crippen LogP contribution in [0.15, 0.2) is 49.1 Å². The second kappa shape index (κ2) is 4.77. The minimum Gasteiger partial charge on any atom is -0.383 e. The number of rotatable bonds is 2. The van der Waals surface area contributed by atoms with Crippen LogP contribution in [-0.2, 0) is 0 Å². The van der Waals surface area contributed by atoms with Crippen LogP contribution < -0.4 is 5.73 Å². The fourth-order valence-corrected chi connectivity index (χ4v) is 2.07. The van der Waals surface area contributed by atoms with Crippen LogP contribution in [0, 0.1) is 12.7 Å². The number of aromatic nitrogens is 3. The number of nitrogen functional groups attached to an aromatic ring is 1. The van der Waals surface area contributed by atoms with Crippen LogP contribution in [0.1, 0.15) is 5.56 Å². The predicted molar refractivity (Wildman–Crippen MR) is 75.9 cm³/mol. The lowest BCUT2D eigenvalue weighted by Crippen LogP contribution is -2.00. The molecule has 0 aliphatic rings. The van der Waals surface area contributed by atoms with E-state index in [0.717, 1.165) is 11.3 Å². The van der Waals surface area contributed by atoms with Gasteiger partial charge in [0.1, 0.15) is 11.6 Å². The molecule has 3 aromatic rings. The van der Waals surface area contributed by atoms with Crippen molar-refractivity contribution in [2.75, 3.05) is 5.73 Å². The Bertz CT molecular complexity index is 764. The summed E-state index contributed by atoms with van der Waals surface area (Å²) in [6, 6.07) is 8.73. The molecule has 0 amide bonds. The third kappa shape index (κ3) is 2.03. The Morgan fingerprint density at radius 2 is 2.10 bits per heavy atom. The van der Waals surface area contributed by atoms with E-state index in [2.05, 4.69) is 9.97 Å². The van der Waals surface area contributed by atoms with Crippen molar-refractivity contribution in [2.24, 2.45) is 0 Å². The van der Waals surface area contributed by atoms with E-state index in [-0.39, 0.29) is 5.82 Å². The number of nitrogens with two attached hydrogens (primary N) is 1. The molecule has 0 unspecified atom stereocenters. The van der Waals surface area contributed by atoms with E-state index < -0.39 is 0 Å². The molecule has 0 saturated heterocycles. The van der Waals surface area contributed by atoms with E-state index in [0.29, 0.717) is 17.1 Å². The number of hydrogen-bond donors (Lipinski definition) is 1. The molecule has 2 heterocycles. The average molecular weight is 268 g/mol. The second-order valence-corrected chi connectivity index (χ2v) is 4.52. The molecular weight excluding hydrogens is 255 g/mol.